The molecule has 3 nitrogen and oxygen atoms in total. The van der Waals surface area contributed by atoms with Gasteiger partial charge in [0.15, 0.2) is 0 Å². The molecule has 2 rings (SSSR count). The van der Waals surface area contributed by atoms with Gasteiger partial charge in [-0.15, -0.1) is 0 Å². The van der Waals surface area contributed by atoms with Crippen molar-refractivity contribution in [1.82, 2.24) is 3.97 Å². The monoisotopic (exact) mass is 277 g/mol. The molecule has 0 spiro atoms. The fraction of sp³-hybridized carbons (Fsp3) is 0. The van der Waals surface area contributed by atoms with Crippen molar-refractivity contribution in [3.8, 4) is 0 Å². The highest BCUT2D eigenvalue weighted by atomic mass is 35.5. The second kappa shape index (κ2) is 4.12. The fourth-order valence-electron chi connectivity index (χ4n) is 1.33. The van der Waals surface area contributed by atoms with Crippen molar-refractivity contribution in [2.75, 3.05) is 0 Å². The molecule has 0 amide bonds. The molecule has 90 valence electrons. The van der Waals surface area contributed by atoms with Crippen molar-refractivity contribution in [2.24, 2.45) is 0 Å². The molecule has 2 aromatic rings. The van der Waals surface area contributed by atoms with Crippen molar-refractivity contribution in [3.63, 3.8) is 0 Å². The van der Waals surface area contributed by atoms with Gasteiger partial charge in [-0.3, -0.25) is 0 Å². The molecule has 1 aromatic carbocycles. The second-order valence-corrected chi connectivity index (χ2v) is 5.38. The Morgan fingerprint density at radius 2 is 1.88 bits per heavy atom. The number of halogens is 3. The molecule has 0 aliphatic heterocycles. The lowest BCUT2D eigenvalue weighted by atomic mass is 10.3. The predicted molar refractivity (Wildman–Crippen MR) is 58.4 cm³/mol. The quantitative estimate of drug-likeness (QED) is 0.846. The summed E-state index contributed by atoms with van der Waals surface area (Å²) >= 11 is 5.65. The van der Waals surface area contributed by atoms with E-state index in [9.17, 15) is 17.2 Å². The summed E-state index contributed by atoms with van der Waals surface area (Å²) in [4.78, 5) is -0.628. The molecule has 17 heavy (non-hydrogen) atoms. The lowest BCUT2D eigenvalue weighted by Gasteiger charge is -2.07. The molecule has 0 saturated carbocycles. The van der Waals surface area contributed by atoms with Crippen LogP contribution in [0, 0.1) is 11.6 Å². The molecule has 0 fully saturated rings. The van der Waals surface area contributed by atoms with E-state index < -0.39 is 26.6 Å². The minimum Gasteiger partial charge on any atom is -0.231 e. The summed E-state index contributed by atoms with van der Waals surface area (Å²) < 4.78 is 50.7. The van der Waals surface area contributed by atoms with E-state index in [1.165, 1.54) is 18.3 Å². The molecule has 0 bridgehead atoms. The third-order valence-corrected chi connectivity index (χ3v) is 4.23. The van der Waals surface area contributed by atoms with Gasteiger partial charge >= 0.3 is 0 Å². The van der Waals surface area contributed by atoms with Gasteiger partial charge in [-0.05, 0) is 24.3 Å². The van der Waals surface area contributed by atoms with Crippen molar-refractivity contribution in [3.05, 3.63) is 53.3 Å². The molecular formula is C10H6ClF2NO2S. The smallest absolute Gasteiger partial charge is 0.231 e. The first-order chi connectivity index (χ1) is 7.93. The van der Waals surface area contributed by atoms with Gasteiger partial charge in [0.2, 0.25) is 0 Å². The fourth-order valence-corrected chi connectivity index (χ4v) is 3.01. The SMILES string of the molecule is O=S(=O)(c1ccc(F)cc1F)n1cccc1Cl. The molecule has 0 radical (unpaired) electrons. The van der Waals surface area contributed by atoms with Gasteiger partial charge < -0.3 is 0 Å². The van der Waals surface area contributed by atoms with E-state index in [4.69, 9.17) is 11.6 Å². The largest absolute Gasteiger partial charge is 0.271 e. The highest BCUT2D eigenvalue weighted by molar-refractivity contribution is 7.90. The highest BCUT2D eigenvalue weighted by Gasteiger charge is 2.22. The Morgan fingerprint density at radius 1 is 1.18 bits per heavy atom. The lowest BCUT2D eigenvalue weighted by molar-refractivity contribution is 0.545. The van der Waals surface area contributed by atoms with Crippen LogP contribution < -0.4 is 0 Å². The molecular weight excluding hydrogens is 272 g/mol. The molecule has 7 heteroatoms. The molecule has 0 aliphatic rings. The minimum atomic E-state index is -4.13. The van der Waals surface area contributed by atoms with E-state index in [1.807, 2.05) is 0 Å². The Bertz CT molecular complexity index is 667. The minimum absolute atomic E-state index is 0.0753. The molecule has 1 aromatic heterocycles. The van der Waals surface area contributed by atoms with Crippen LogP contribution in [0.2, 0.25) is 5.15 Å². The van der Waals surface area contributed by atoms with Gasteiger partial charge in [0, 0.05) is 12.3 Å². The maximum absolute atomic E-state index is 13.4. The Morgan fingerprint density at radius 3 is 2.41 bits per heavy atom. The van der Waals surface area contributed by atoms with Gasteiger partial charge in [0.1, 0.15) is 21.7 Å². The standard InChI is InChI=1S/C10H6ClF2NO2S/c11-10-2-1-5-14(10)17(15,16)9-4-3-7(12)6-8(9)13/h1-6H. The Labute approximate surface area is 101 Å². The molecule has 0 N–H and O–H groups in total. The Hall–Kier alpha value is -1.40. The second-order valence-electron chi connectivity index (χ2n) is 3.21. The van der Waals surface area contributed by atoms with Crippen LogP contribution in [-0.4, -0.2) is 12.4 Å². The number of nitrogens with zero attached hydrogens (tertiary/aromatic N) is 1. The maximum Gasteiger partial charge on any atom is 0.271 e. The molecule has 0 aliphatic carbocycles. The van der Waals surface area contributed by atoms with Crippen LogP contribution in [0.25, 0.3) is 0 Å². The van der Waals surface area contributed by atoms with Gasteiger partial charge in [-0.25, -0.2) is 21.2 Å². The molecule has 0 unspecified atom stereocenters. The van der Waals surface area contributed by atoms with Crippen LogP contribution in [0.4, 0.5) is 8.78 Å². The van der Waals surface area contributed by atoms with Crippen molar-refractivity contribution in [1.29, 1.82) is 0 Å². The summed E-state index contributed by atoms with van der Waals surface area (Å²) in [5, 5.41) is -0.0753. The van der Waals surface area contributed by atoms with Crippen molar-refractivity contribution in [2.45, 2.75) is 4.90 Å². The van der Waals surface area contributed by atoms with Crippen LogP contribution in [0.5, 0.6) is 0 Å². The third kappa shape index (κ3) is 2.05. The molecule has 1 heterocycles. The summed E-state index contributed by atoms with van der Waals surface area (Å²) in [6, 6.07) is 4.98. The number of rotatable bonds is 2. The van der Waals surface area contributed by atoms with Gasteiger partial charge in [-0.1, -0.05) is 11.6 Å². The molecule has 0 saturated heterocycles. The Balaban J connectivity index is 2.65. The van der Waals surface area contributed by atoms with Crippen molar-refractivity contribution < 1.29 is 17.2 Å². The summed E-state index contributed by atoms with van der Waals surface area (Å²) in [5.74, 6) is -2.00. The van der Waals surface area contributed by atoms with Crippen molar-refractivity contribution >= 4 is 21.6 Å². The number of benzene rings is 1. The van der Waals surface area contributed by atoms with E-state index in [0.717, 1.165) is 12.1 Å². The first kappa shape index (κ1) is 12.1. The normalized spacial score (nSPS) is 11.7. The number of aromatic nitrogens is 1. The maximum atomic E-state index is 13.4. The highest BCUT2D eigenvalue weighted by Crippen LogP contribution is 2.22. The van der Waals surface area contributed by atoms with Crippen LogP contribution in [0.1, 0.15) is 0 Å². The first-order valence-electron chi connectivity index (χ1n) is 4.46. The average molecular weight is 278 g/mol. The Kier molecular flexibility index (Phi) is 2.92. The predicted octanol–water partition coefficient (Wildman–Crippen LogP) is 2.66. The van der Waals surface area contributed by atoms with Crippen LogP contribution in [0.3, 0.4) is 0 Å². The van der Waals surface area contributed by atoms with Gasteiger partial charge in [0.25, 0.3) is 10.0 Å². The lowest BCUT2D eigenvalue weighted by Crippen LogP contribution is -2.13. The third-order valence-electron chi connectivity index (χ3n) is 2.10. The zero-order valence-electron chi connectivity index (χ0n) is 8.27. The summed E-state index contributed by atoms with van der Waals surface area (Å²) in [5.41, 5.74) is 0. The van der Waals surface area contributed by atoms with Gasteiger partial charge in [0.05, 0.1) is 0 Å². The van der Waals surface area contributed by atoms with Crippen LogP contribution in [-0.2, 0) is 10.0 Å². The average Bonchev–Trinajstić information content (AvgIpc) is 2.64. The number of hydrogen-bond donors (Lipinski definition) is 0. The summed E-state index contributed by atoms with van der Waals surface area (Å²) in [7, 11) is -4.13. The zero-order valence-corrected chi connectivity index (χ0v) is 9.84. The van der Waals surface area contributed by atoms with Crippen LogP contribution in [0.15, 0.2) is 41.4 Å². The summed E-state index contributed by atoms with van der Waals surface area (Å²) in [6.45, 7) is 0. The number of hydrogen-bond acceptors (Lipinski definition) is 2. The van der Waals surface area contributed by atoms with E-state index in [-0.39, 0.29) is 5.15 Å². The van der Waals surface area contributed by atoms with E-state index in [2.05, 4.69) is 0 Å². The molecule has 0 atom stereocenters. The summed E-state index contributed by atoms with van der Waals surface area (Å²) in [6.07, 6.45) is 1.18. The zero-order chi connectivity index (χ0) is 12.6. The van der Waals surface area contributed by atoms with E-state index >= 15 is 0 Å². The van der Waals surface area contributed by atoms with Gasteiger partial charge in [-0.2, -0.15) is 0 Å². The first-order valence-corrected chi connectivity index (χ1v) is 6.28. The van der Waals surface area contributed by atoms with E-state index in [0.29, 0.717) is 10.0 Å². The van der Waals surface area contributed by atoms with Crippen LogP contribution >= 0.6 is 11.6 Å². The van der Waals surface area contributed by atoms with E-state index in [1.54, 1.807) is 0 Å². The topological polar surface area (TPSA) is 39.1 Å².